The van der Waals surface area contributed by atoms with Crippen LogP contribution in [0.1, 0.15) is 0 Å². The molecule has 5 nitrogen and oxygen atoms in total. The highest BCUT2D eigenvalue weighted by Crippen LogP contribution is 2.29. The molecule has 0 aliphatic heterocycles. The number of aromatic nitrogens is 5. The van der Waals surface area contributed by atoms with Crippen LogP contribution in [0.5, 0.6) is 0 Å². The zero-order valence-corrected chi connectivity index (χ0v) is 13.6. The van der Waals surface area contributed by atoms with Gasteiger partial charge in [-0.1, -0.05) is 11.3 Å². The highest BCUT2D eigenvalue weighted by Gasteiger charge is 2.18. The molecule has 4 rings (SSSR count). The molecule has 0 amide bonds. The van der Waals surface area contributed by atoms with Crippen molar-refractivity contribution >= 4 is 32.2 Å². The van der Waals surface area contributed by atoms with Crippen LogP contribution in [0.3, 0.4) is 0 Å². The molecule has 1 aromatic carbocycles. The molecule has 0 spiro atoms. The molecule has 114 valence electrons. The molecular formula is C14H6BrF2N5S. The third kappa shape index (κ3) is 2.51. The maximum absolute atomic E-state index is 14.0. The summed E-state index contributed by atoms with van der Waals surface area (Å²) in [5, 5.41) is 12.9. The molecule has 0 radical (unpaired) electrons. The Balaban J connectivity index is 1.89. The van der Waals surface area contributed by atoms with E-state index in [0.29, 0.717) is 9.97 Å². The van der Waals surface area contributed by atoms with Gasteiger partial charge in [0.05, 0.1) is 5.56 Å². The van der Waals surface area contributed by atoms with Crippen molar-refractivity contribution in [2.24, 2.45) is 0 Å². The van der Waals surface area contributed by atoms with E-state index in [4.69, 9.17) is 0 Å². The van der Waals surface area contributed by atoms with Crippen molar-refractivity contribution in [3.63, 3.8) is 0 Å². The molecular weight excluding hydrogens is 388 g/mol. The second-order valence-corrected chi connectivity index (χ2v) is 6.51. The van der Waals surface area contributed by atoms with Crippen LogP contribution in [-0.2, 0) is 0 Å². The summed E-state index contributed by atoms with van der Waals surface area (Å²) in [4.78, 5) is 4.57. The Morgan fingerprint density at radius 3 is 2.78 bits per heavy atom. The van der Waals surface area contributed by atoms with Crippen LogP contribution in [0, 0.1) is 11.6 Å². The fourth-order valence-electron chi connectivity index (χ4n) is 2.10. The molecule has 0 fully saturated rings. The van der Waals surface area contributed by atoms with Crippen LogP contribution >= 0.6 is 27.3 Å². The molecule has 0 unspecified atom stereocenters. The number of hydrogen-bond donors (Lipinski definition) is 0. The van der Waals surface area contributed by atoms with E-state index in [1.54, 1.807) is 12.4 Å². The van der Waals surface area contributed by atoms with Crippen molar-refractivity contribution in [2.45, 2.75) is 0 Å². The number of hydrogen-bond acceptors (Lipinski definition) is 5. The second-order valence-electron chi connectivity index (χ2n) is 4.64. The Hall–Kier alpha value is -2.26. The summed E-state index contributed by atoms with van der Waals surface area (Å²) in [5.41, 5.74) is 0.808. The first kappa shape index (κ1) is 14.3. The van der Waals surface area contributed by atoms with Gasteiger partial charge in [-0.25, -0.2) is 8.78 Å². The average Bonchev–Trinajstić information content (AvgIpc) is 3.10. The number of halogens is 3. The monoisotopic (exact) mass is 393 g/mol. The highest BCUT2D eigenvalue weighted by atomic mass is 79.9. The molecule has 0 aliphatic carbocycles. The summed E-state index contributed by atoms with van der Waals surface area (Å²) in [5.74, 6) is -0.980. The predicted molar refractivity (Wildman–Crippen MR) is 84.9 cm³/mol. The van der Waals surface area contributed by atoms with E-state index in [1.165, 1.54) is 15.9 Å². The number of pyridine rings is 1. The smallest absolute Gasteiger partial charge is 0.235 e. The van der Waals surface area contributed by atoms with E-state index in [1.807, 2.05) is 6.07 Å². The third-order valence-electron chi connectivity index (χ3n) is 3.11. The van der Waals surface area contributed by atoms with Crippen LogP contribution in [0.2, 0.25) is 0 Å². The molecule has 3 heterocycles. The van der Waals surface area contributed by atoms with Crippen molar-refractivity contribution in [2.75, 3.05) is 0 Å². The molecule has 0 bridgehead atoms. The molecule has 0 saturated heterocycles. The van der Waals surface area contributed by atoms with Crippen molar-refractivity contribution in [1.29, 1.82) is 0 Å². The van der Waals surface area contributed by atoms with Gasteiger partial charge >= 0.3 is 0 Å². The molecule has 0 saturated carbocycles. The number of fused-ring (bicyclic) bond motifs is 1. The van der Waals surface area contributed by atoms with Gasteiger partial charge in [0.15, 0.2) is 5.82 Å². The maximum atomic E-state index is 14.0. The molecule has 23 heavy (non-hydrogen) atoms. The predicted octanol–water partition coefficient (Wildman–Crippen LogP) is 3.96. The van der Waals surface area contributed by atoms with Gasteiger partial charge in [-0.15, -0.1) is 10.2 Å². The van der Waals surface area contributed by atoms with Crippen LogP contribution in [0.15, 0.2) is 41.1 Å². The van der Waals surface area contributed by atoms with Crippen molar-refractivity contribution in [3.8, 4) is 22.0 Å². The number of benzene rings is 1. The zero-order chi connectivity index (χ0) is 16.0. The standard InChI is InChI=1S/C14H6BrF2N5S/c15-8-3-7(5-18-6-8)13-21-22-12(19-20-14(22)23-13)10-4-9(16)1-2-11(10)17/h1-6H. The van der Waals surface area contributed by atoms with Crippen molar-refractivity contribution in [1.82, 2.24) is 24.8 Å². The minimum absolute atomic E-state index is 0.0155. The molecule has 9 heteroatoms. The highest BCUT2D eigenvalue weighted by molar-refractivity contribution is 9.10. The van der Waals surface area contributed by atoms with Crippen LogP contribution < -0.4 is 0 Å². The number of rotatable bonds is 2. The lowest BCUT2D eigenvalue weighted by Crippen LogP contribution is -1.94. The van der Waals surface area contributed by atoms with Gasteiger partial charge in [0.2, 0.25) is 4.96 Å². The van der Waals surface area contributed by atoms with E-state index in [9.17, 15) is 8.78 Å². The Morgan fingerprint density at radius 1 is 1.09 bits per heavy atom. The average molecular weight is 394 g/mol. The van der Waals surface area contributed by atoms with E-state index in [2.05, 4.69) is 36.2 Å². The lowest BCUT2D eigenvalue weighted by Gasteiger charge is -1.99. The molecule has 0 aliphatic rings. The van der Waals surface area contributed by atoms with Gasteiger partial charge in [-0.05, 0) is 40.2 Å². The van der Waals surface area contributed by atoms with E-state index >= 15 is 0 Å². The molecule has 0 N–H and O–H groups in total. The minimum atomic E-state index is -0.584. The fourth-order valence-corrected chi connectivity index (χ4v) is 3.28. The lowest BCUT2D eigenvalue weighted by atomic mass is 10.2. The first-order valence-corrected chi connectivity index (χ1v) is 8.01. The maximum Gasteiger partial charge on any atom is 0.235 e. The third-order valence-corrected chi connectivity index (χ3v) is 4.49. The SMILES string of the molecule is Fc1ccc(F)c(-c2nnc3sc(-c4cncc(Br)c4)nn23)c1. The second kappa shape index (κ2) is 5.43. The summed E-state index contributed by atoms with van der Waals surface area (Å²) in [7, 11) is 0. The zero-order valence-electron chi connectivity index (χ0n) is 11.2. The summed E-state index contributed by atoms with van der Waals surface area (Å²) < 4.78 is 29.6. The fraction of sp³-hybridized carbons (Fsp3) is 0. The van der Waals surface area contributed by atoms with Gasteiger partial charge in [0.25, 0.3) is 0 Å². The first-order chi connectivity index (χ1) is 11.1. The summed E-state index contributed by atoms with van der Waals surface area (Å²) >= 11 is 4.64. The van der Waals surface area contributed by atoms with Crippen LogP contribution in [-0.4, -0.2) is 24.8 Å². The minimum Gasteiger partial charge on any atom is -0.263 e. The van der Waals surface area contributed by atoms with Crippen LogP contribution in [0.4, 0.5) is 8.78 Å². The Bertz CT molecular complexity index is 1030. The summed E-state index contributed by atoms with van der Waals surface area (Å²) in [6.45, 7) is 0. The summed E-state index contributed by atoms with van der Waals surface area (Å²) in [6.07, 6.45) is 3.33. The van der Waals surface area contributed by atoms with Gasteiger partial charge in [0.1, 0.15) is 16.6 Å². The van der Waals surface area contributed by atoms with Crippen LogP contribution in [0.25, 0.3) is 26.9 Å². The topological polar surface area (TPSA) is 56.0 Å². The quantitative estimate of drug-likeness (QED) is 0.517. The van der Waals surface area contributed by atoms with Gasteiger partial charge in [-0.2, -0.15) is 9.61 Å². The van der Waals surface area contributed by atoms with Crippen molar-refractivity contribution in [3.05, 3.63) is 52.8 Å². The molecule has 4 aromatic rings. The Labute approximate surface area is 140 Å². The van der Waals surface area contributed by atoms with Gasteiger partial charge in [-0.3, -0.25) is 4.98 Å². The van der Waals surface area contributed by atoms with Gasteiger partial charge < -0.3 is 0 Å². The Kier molecular flexibility index (Phi) is 3.38. The van der Waals surface area contributed by atoms with E-state index in [-0.39, 0.29) is 11.4 Å². The number of nitrogens with zero attached hydrogens (tertiary/aromatic N) is 5. The lowest BCUT2D eigenvalue weighted by molar-refractivity contribution is 0.601. The van der Waals surface area contributed by atoms with E-state index < -0.39 is 11.6 Å². The summed E-state index contributed by atoms with van der Waals surface area (Å²) in [6, 6.07) is 5.04. The normalized spacial score (nSPS) is 11.3. The first-order valence-electron chi connectivity index (χ1n) is 6.40. The van der Waals surface area contributed by atoms with Crippen molar-refractivity contribution < 1.29 is 8.78 Å². The van der Waals surface area contributed by atoms with Gasteiger partial charge in [0, 0.05) is 22.4 Å². The van der Waals surface area contributed by atoms with E-state index in [0.717, 1.165) is 28.2 Å². The molecule has 0 atom stereocenters. The Morgan fingerprint density at radius 2 is 1.96 bits per heavy atom. The molecule has 3 aromatic heterocycles. The largest absolute Gasteiger partial charge is 0.263 e.